The molecular formula is C23H23FN2O4. The highest BCUT2D eigenvalue weighted by Crippen LogP contribution is 2.36. The van der Waals surface area contributed by atoms with Gasteiger partial charge in [-0.05, 0) is 35.2 Å². The monoisotopic (exact) mass is 410 g/mol. The predicted molar refractivity (Wildman–Crippen MR) is 106 cm³/mol. The van der Waals surface area contributed by atoms with Gasteiger partial charge in [-0.25, -0.2) is 4.39 Å². The predicted octanol–water partition coefficient (Wildman–Crippen LogP) is 1.97. The van der Waals surface area contributed by atoms with Gasteiger partial charge in [0.05, 0.1) is 18.7 Å². The van der Waals surface area contributed by atoms with E-state index >= 15 is 0 Å². The molecule has 1 N–H and O–H groups in total. The Labute approximate surface area is 174 Å². The van der Waals surface area contributed by atoms with Crippen LogP contribution < -0.4 is 5.32 Å². The number of halogens is 1. The van der Waals surface area contributed by atoms with E-state index in [1.807, 2.05) is 23.1 Å². The Morgan fingerprint density at radius 3 is 2.73 bits per heavy atom. The van der Waals surface area contributed by atoms with E-state index in [-0.39, 0.29) is 49.0 Å². The average Bonchev–Trinajstić information content (AvgIpc) is 2.78. The van der Waals surface area contributed by atoms with Gasteiger partial charge in [0, 0.05) is 13.0 Å². The molecule has 30 heavy (non-hydrogen) atoms. The Morgan fingerprint density at radius 1 is 1.10 bits per heavy atom. The normalized spacial score (nSPS) is 28.3. The Kier molecular flexibility index (Phi) is 5.00. The van der Waals surface area contributed by atoms with Gasteiger partial charge >= 0.3 is 0 Å². The maximum Gasteiger partial charge on any atom is 0.252 e. The molecule has 3 aliphatic heterocycles. The molecule has 2 fully saturated rings. The minimum atomic E-state index is -0.651. The molecule has 0 bridgehead atoms. The Hall–Kier alpha value is -2.77. The number of morpholine rings is 1. The molecule has 2 amide bonds. The fourth-order valence-corrected chi connectivity index (χ4v) is 4.69. The number of nitrogens with one attached hydrogen (secondary N) is 1. The molecule has 6 nitrogen and oxygen atoms in total. The van der Waals surface area contributed by atoms with Crippen LogP contribution in [0.4, 0.5) is 4.39 Å². The highest BCUT2D eigenvalue weighted by Gasteiger charge is 2.42. The van der Waals surface area contributed by atoms with Crippen molar-refractivity contribution >= 4 is 11.8 Å². The highest BCUT2D eigenvalue weighted by atomic mass is 19.1. The summed E-state index contributed by atoms with van der Waals surface area (Å²) in [5.74, 6) is -0.590. The third kappa shape index (κ3) is 3.48. The van der Waals surface area contributed by atoms with Crippen LogP contribution in [0.25, 0.3) is 0 Å². The third-order valence-corrected chi connectivity index (χ3v) is 6.18. The Balaban J connectivity index is 1.44. The van der Waals surface area contributed by atoms with Gasteiger partial charge in [0.1, 0.15) is 24.6 Å². The smallest absolute Gasteiger partial charge is 0.252 e. The average molecular weight is 410 g/mol. The topological polar surface area (TPSA) is 67.9 Å². The summed E-state index contributed by atoms with van der Waals surface area (Å²) in [7, 11) is 0. The maximum atomic E-state index is 13.5. The number of amides is 2. The number of carbonyl (C=O) groups is 2. The van der Waals surface area contributed by atoms with E-state index < -0.39 is 6.10 Å². The second-order valence-corrected chi connectivity index (χ2v) is 8.02. The minimum Gasteiger partial charge on any atom is -0.366 e. The van der Waals surface area contributed by atoms with E-state index in [2.05, 4.69) is 11.4 Å². The zero-order valence-electron chi connectivity index (χ0n) is 16.4. The number of nitrogens with zero attached hydrogens (tertiary/aromatic N) is 1. The van der Waals surface area contributed by atoms with E-state index in [4.69, 9.17) is 9.47 Å². The van der Waals surface area contributed by atoms with Crippen molar-refractivity contribution in [2.75, 3.05) is 19.8 Å². The highest BCUT2D eigenvalue weighted by molar-refractivity contribution is 5.83. The minimum absolute atomic E-state index is 0.0265. The maximum absolute atomic E-state index is 13.5. The van der Waals surface area contributed by atoms with Gasteiger partial charge in [0.25, 0.3) is 5.91 Å². The lowest BCUT2D eigenvalue weighted by Gasteiger charge is -2.43. The summed E-state index contributed by atoms with van der Waals surface area (Å²) in [6.07, 6.45) is 0.255. The van der Waals surface area contributed by atoms with Gasteiger partial charge in [-0.3, -0.25) is 9.59 Å². The van der Waals surface area contributed by atoms with Gasteiger partial charge in [0.15, 0.2) is 0 Å². The number of fused-ring (bicyclic) bond motifs is 2. The van der Waals surface area contributed by atoms with Crippen molar-refractivity contribution in [3.8, 4) is 0 Å². The molecular weight excluding hydrogens is 387 g/mol. The van der Waals surface area contributed by atoms with E-state index in [1.54, 1.807) is 12.1 Å². The first-order valence-corrected chi connectivity index (χ1v) is 10.3. The van der Waals surface area contributed by atoms with E-state index in [1.165, 1.54) is 17.7 Å². The van der Waals surface area contributed by atoms with Crippen LogP contribution in [-0.2, 0) is 25.5 Å². The number of hydrogen-bond acceptors (Lipinski definition) is 4. The summed E-state index contributed by atoms with van der Waals surface area (Å²) >= 11 is 0. The molecule has 0 aliphatic carbocycles. The summed E-state index contributed by atoms with van der Waals surface area (Å²) in [5.41, 5.74) is 3.10. The quantitative estimate of drug-likeness (QED) is 0.822. The number of carbonyl (C=O) groups excluding carboxylic acids is 2. The van der Waals surface area contributed by atoms with Crippen LogP contribution in [0.15, 0.2) is 48.5 Å². The van der Waals surface area contributed by atoms with Crippen LogP contribution in [0.3, 0.4) is 0 Å². The van der Waals surface area contributed by atoms with Crippen molar-refractivity contribution in [3.05, 3.63) is 71.0 Å². The molecule has 5 rings (SSSR count). The van der Waals surface area contributed by atoms with Crippen LogP contribution in [0.1, 0.15) is 29.2 Å². The van der Waals surface area contributed by atoms with Gasteiger partial charge in [-0.2, -0.15) is 0 Å². The first kappa shape index (κ1) is 19.2. The second kappa shape index (κ2) is 7.81. The molecule has 0 unspecified atom stereocenters. The van der Waals surface area contributed by atoms with Crippen molar-refractivity contribution in [2.45, 2.75) is 37.1 Å². The van der Waals surface area contributed by atoms with Gasteiger partial charge in [0.2, 0.25) is 5.91 Å². The molecule has 2 aromatic rings. The second-order valence-electron chi connectivity index (χ2n) is 8.02. The van der Waals surface area contributed by atoms with E-state index in [0.717, 1.165) is 17.5 Å². The molecule has 0 radical (unpaired) electrons. The molecule has 4 atom stereocenters. The number of benzene rings is 2. The standard InChI is InChI=1S/C23H23FN2O4/c24-16-7-5-15(6-8-16)22-17-4-2-1-3-14(17)9-10-26(22)23(28)19-11-18-20(12-29-19)30-13-21(27)25-18/h1-8,18-20,22H,9-13H2,(H,25,27)/t18-,19+,20+,22-/m0/s1. The fraction of sp³-hybridized carbons (Fsp3) is 0.391. The third-order valence-electron chi connectivity index (χ3n) is 6.18. The molecule has 0 spiro atoms. The molecule has 3 aliphatic rings. The first-order chi connectivity index (χ1) is 14.6. The lowest BCUT2D eigenvalue weighted by atomic mass is 9.87. The van der Waals surface area contributed by atoms with Crippen molar-refractivity contribution in [1.29, 1.82) is 0 Å². The summed E-state index contributed by atoms with van der Waals surface area (Å²) in [4.78, 5) is 27.1. The molecule has 0 saturated carbocycles. The lowest BCUT2D eigenvalue weighted by Crippen LogP contribution is -2.60. The molecule has 2 aromatic carbocycles. The fourth-order valence-electron chi connectivity index (χ4n) is 4.69. The van der Waals surface area contributed by atoms with Crippen molar-refractivity contribution in [2.24, 2.45) is 0 Å². The van der Waals surface area contributed by atoms with Crippen LogP contribution in [0.5, 0.6) is 0 Å². The van der Waals surface area contributed by atoms with E-state index in [0.29, 0.717) is 13.0 Å². The van der Waals surface area contributed by atoms with Crippen LogP contribution in [0.2, 0.25) is 0 Å². The summed E-state index contributed by atoms with van der Waals surface area (Å²) in [6.45, 7) is 0.848. The molecule has 7 heteroatoms. The van der Waals surface area contributed by atoms with Crippen molar-refractivity contribution < 1.29 is 23.5 Å². The summed E-state index contributed by atoms with van der Waals surface area (Å²) < 4.78 is 24.9. The number of rotatable bonds is 2. The van der Waals surface area contributed by atoms with Gasteiger partial charge in [-0.15, -0.1) is 0 Å². The van der Waals surface area contributed by atoms with Crippen LogP contribution in [-0.4, -0.2) is 54.7 Å². The summed E-state index contributed by atoms with van der Waals surface area (Å²) in [5, 5.41) is 2.91. The van der Waals surface area contributed by atoms with Crippen molar-refractivity contribution in [3.63, 3.8) is 0 Å². The molecule has 3 heterocycles. The summed E-state index contributed by atoms with van der Waals surface area (Å²) in [6, 6.07) is 13.8. The van der Waals surface area contributed by atoms with Crippen molar-refractivity contribution in [1.82, 2.24) is 10.2 Å². The van der Waals surface area contributed by atoms with Crippen LogP contribution >= 0.6 is 0 Å². The number of hydrogen-bond donors (Lipinski definition) is 1. The number of ether oxygens (including phenoxy) is 2. The molecule has 156 valence electrons. The zero-order chi connectivity index (χ0) is 20.7. The lowest BCUT2D eigenvalue weighted by molar-refractivity contribution is -0.168. The first-order valence-electron chi connectivity index (χ1n) is 10.3. The largest absolute Gasteiger partial charge is 0.366 e. The molecule has 0 aromatic heterocycles. The van der Waals surface area contributed by atoms with Gasteiger partial charge < -0.3 is 19.7 Å². The SMILES string of the molecule is O=C1CO[C@@H]2CO[C@@H](C(=O)N3CCc4ccccc4[C@@H]3c3ccc(F)cc3)C[C@@H]2N1. The molecule has 2 saturated heterocycles. The Morgan fingerprint density at radius 2 is 1.90 bits per heavy atom. The van der Waals surface area contributed by atoms with E-state index in [9.17, 15) is 14.0 Å². The van der Waals surface area contributed by atoms with Crippen LogP contribution in [0, 0.1) is 5.82 Å². The van der Waals surface area contributed by atoms with Gasteiger partial charge in [-0.1, -0.05) is 36.4 Å². The Bertz CT molecular complexity index is 964. The zero-order valence-corrected chi connectivity index (χ0v) is 16.4.